The number of carbonyl (C=O) groups is 1. The summed E-state index contributed by atoms with van der Waals surface area (Å²) in [7, 11) is 0. The number of hydroxylamine groups is 1. The third kappa shape index (κ3) is 2.96. The molecule has 0 aromatic heterocycles. The molecule has 4 rings (SSSR count). The van der Waals surface area contributed by atoms with Crippen LogP contribution < -0.4 is 5.48 Å². The van der Waals surface area contributed by atoms with Gasteiger partial charge in [0.2, 0.25) is 5.60 Å². The topological polar surface area (TPSA) is 47.6 Å². The van der Waals surface area contributed by atoms with E-state index in [1.54, 1.807) is 6.07 Å². The van der Waals surface area contributed by atoms with Crippen molar-refractivity contribution in [1.82, 2.24) is 5.48 Å². The van der Waals surface area contributed by atoms with E-state index >= 15 is 0 Å². The van der Waals surface area contributed by atoms with Gasteiger partial charge in [-0.2, -0.15) is 13.2 Å². The number of hydrogen-bond donors (Lipinski definition) is 1. The van der Waals surface area contributed by atoms with E-state index in [0.717, 1.165) is 18.2 Å². The average Bonchev–Trinajstić information content (AvgIpc) is 3.19. The first-order valence-corrected chi connectivity index (χ1v) is 8.46. The predicted octanol–water partition coefficient (Wildman–Crippen LogP) is 5.00. The average molecular weight is 416 g/mol. The fourth-order valence-electron chi connectivity index (χ4n) is 3.05. The maximum Gasteiger partial charge on any atom is 0.428 e. The number of rotatable bonds is 2. The molecule has 0 saturated heterocycles. The molecule has 1 N–H and O–H groups in total. The highest BCUT2D eigenvalue weighted by molar-refractivity contribution is 6.34. The highest BCUT2D eigenvalue weighted by Crippen LogP contribution is 2.48. The molecule has 4 nitrogen and oxygen atoms in total. The molecule has 1 unspecified atom stereocenters. The van der Waals surface area contributed by atoms with Crippen molar-refractivity contribution in [2.75, 3.05) is 0 Å². The summed E-state index contributed by atoms with van der Waals surface area (Å²) in [6.07, 6.45) is -3.86. The molecule has 0 spiro atoms. The zero-order valence-corrected chi connectivity index (χ0v) is 14.9. The number of fused-ring (bicyclic) bond motifs is 1. The van der Waals surface area contributed by atoms with Crippen LogP contribution in [0.25, 0.3) is 5.70 Å². The van der Waals surface area contributed by atoms with Crippen molar-refractivity contribution in [2.24, 2.45) is 0 Å². The Kier molecular flexibility index (Phi) is 4.14. The molecule has 2 aromatic rings. The summed E-state index contributed by atoms with van der Waals surface area (Å²) in [4.78, 5) is 16.6. The van der Waals surface area contributed by atoms with Gasteiger partial charge in [-0.25, -0.2) is 4.79 Å². The largest absolute Gasteiger partial charge is 0.457 e. The van der Waals surface area contributed by atoms with Gasteiger partial charge in [0.25, 0.3) is 0 Å². The molecule has 2 aromatic carbocycles. The fraction of sp³-hybridized carbons (Fsp3) is 0.167. The minimum atomic E-state index is -4.79. The maximum absolute atomic E-state index is 14.0. The van der Waals surface area contributed by atoms with Gasteiger partial charge in [-0.3, -0.25) is 10.3 Å². The van der Waals surface area contributed by atoms with E-state index < -0.39 is 17.7 Å². The van der Waals surface area contributed by atoms with Crippen LogP contribution in [0, 0.1) is 0 Å². The van der Waals surface area contributed by atoms with Crippen LogP contribution in [0.3, 0.4) is 0 Å². The molecule has 0 saturated carbocycles. The Balaban J connectivity index is 1.82. The number of nitrogens with one attached hydrogen (secondary N) is 1. The van der Waals surface area contributed by atoms with Gasteiger partial charge in [0.15, 0.2) is 0 Å². The summed E-state index contributed by atoms with van der Waals surface area (Å²) >= 11 is 11.8. The molecule has 0 fully saturated rings. The highest BCUT2D eigenvalue weighted by Gasteiger charge is 2.59. The Bertz CT molecular complexity index is 970. The minimum Gasteiger partial charge on any atom is -0.457 e. The van der Waals surface area contributed by atoms with E-state index in [-0.39, 0.29) is 27.9 Å². The molecular weight excluding hydrogens is 406 g/mol. The summed E-state index contributed by atoms with van der Waals surface area (Å²) < 4.78 is 46.8. The van der Waals surface area contributed by atoms with Crippen LogP contribution >= 0.6 is 23.2 Å². The predicted molar refractivity (Wildman–Crippen MR) is 92.0 cm³/mol. The van der Waals surface area contributed by atoms with Gasteiger partial charge in [-0.05, 0) is 36.4 Å². The lowest BCUT2D eigenvalue weighted by Crippen LogP contribution is -2.42. The molecule has 0 bridgehead atoms. The number of hydrogen-bond acceptors (Lipinski definition) is 4. The Morgan fingerprint density at radius 1 is 1.07 bits per heavy atom. The second-order valence-corrected chi connectivity index (χ2v) is 6.97. The van der Waals surface area contributed by atoms with Crippen LogP contribution in [0.15, 0.2) is 42.5 Å². The zero-order valence-electron chi connectivity index (χ0n) is 13.4. The molecule has 0 radical (unpaired) electrons. The standard InChI is InChI=1S/C18H10Cl2F3NO3/c19-12-4-11(5-13(20)6-12)17(18(21,22)23)7-15(24-27-17)9-1-2-14-10(3-9)8-26-16(14)25/h1-7,24H,8H2. The monoisotopic (exact) mass is 415 g/mol. The number of cyclic esters (lactones) is 1. The molecule has 0 amide bonds. The van der Waals surface area contributed by atoms with Crippen molar-refractivity contribution in [3.05, 3.63) is 74.8 Å². The van der Waals surface area contributed by atoms with Gasteiger partial charge < -0.3 is 4.74 Å². The van der Waals surface area contributed by atoms with Crippen LogP contribution in [-0.4, -0.2) is 12.1 Å². The van der Waals surface area contributed by atoms with Gasteiger partial charge in [0.1, 0.15) is 6.61 Å². The van der Waals surface area contributed by atoms with Crippen LogP contribution in [0.1, 0.15) is 27.0 Å². The van der Waals surface area contributed by atoms with Gasteiger partial charge in [0.05, 0.1) is 11.3 Å². The highest BCUT2D eigenvalue weighted by atomic mass is 35.5. The normalized spacial score (nSPS) is 21.5. The number of carbonyl (C=O) groups excluding carboxylic acids is 1. The lowest BCUT2D eigenvalue weighted by molar-refractivity contribution is -0.269. The van der Waals surface area contributed by atoms with Gasteiger partial charge in [-0.1, -0.05) is 29.3 Å². The number of ether oxygens (including phenoxy) is 1. The van der Waals surface area contributed by atoms with E-state index in [0.29, 0.717) is 16.7 Å². The number of benzene rings is 2. The molecular formula is C18H10Cl2F3NO3. The molecule has 2 aliphatic rings. The van der Waals surface area contributed by atoms with Crippen molar-refractivity contribution in [2.45, 2.75) is 18.4 Å². The molecule has 9 heteroatoms. The Morgan fingerprint density at radius 2 is 1.78 bits per heavy atom. The van der Waals surface area contributed by atoms with Gasteiger partial charge in [0, 0.05) is 26.7 Å². The smallest absolute Gasteiger partial charge is 0.428 e. The summed E-state index contributed by atoms with van der Waals surface area (Å²) in [5.74, 6) is -0.459. The summed E-state index contributed by atoms with van der Waals surface area (Å²) in [6.45, 7) is 0.0739. The summed E-state index contributed by atoms with van der Waals surface area (Å²) in [5, 5.41) is 0.111. The van der Waals surface area contributed by atoms with Gasteiger partial charge in [-0.15, -0.1) is 0 Å². The minimum absolute atomic E-state index is 0.0553. The van der Waals surface area contributed by atoms with Crippen LogP contribution in [0.2, 0.25) is 10.0 Å². The lowest BCUT2D eigenvalue weighted by Gasteiger charge is -2.28. The summed E-state index contributed by atoms with van der Waals surface area (Å²) in [5.41, 5.74) is 0.831. The molecule has 1 atom stereocenters. The van der Waals surface area contributed by atoms with Crippen molar-refractivity contribution in [3.8, 4) is 0 Å². The third-order valence-electron chi connectivity index (χ3n) is 4.38. The third-order valence-corrected chi connectivity index (χ3v) is 4.81. The quantitative estimate of drug-likeness (QED) is 0.701. The van der Waals surface area contributed by atoms with Crippen LogP contribution in [0.4, 0.5) is 13.2 Å². The lowest BCUT2D eigenvalue weighted by atomic mass is 9.91. The van der Waals surface area contributed by atoms with E-state index in [2.05, 4.69) is 5.48 Å². The number of halogens is 5. The van der Waals surface area contributed by atoms with E-state index in [1.165, 1.54) is 18.2 Å². The Hall–Kier alpha value is -2.22. The maximum atomic E-state index is 14.0. The number of alkyl halides is 3. The SMILES string of the molecule is O=C1OCc2cc(C3=CC(c4cc(Cl)cc(Cl)c4)(C(F)(F)F)ON3)ccc21. The first-order valence-electron chi connectivity index (χ1n) is 7.70. The van der Waals surface area contributed by atoms with Gasteiger partial charge >= 0.3 is 12.1 Å². The zero-order chi connectivity index (χ0) is 19.4. The molecule has 2 heterocycles. The van der Waals surface area contributed by atoms with E-state index in [1.807, 2.05) is 0 Å². The molecule has 0 aliphatic carbocycles. The number of esters is 1. The van der Waals surface area contributed by atoms with E-state index in [9.17, 15) is 18.0 Å². The van der Waals surface area contributed by atoms with Crippen molar-refractivity contribution < 1.29 is 27.5 Å². The first-order chi connectivity index (χ1) is 12.7. The fourth-order valence-corrected chi connectivity index (χ4v) is 3.58. The van der Waals surface area contributed by atoms with Crippen molar-refractivity contribution >= 4 is 34.9 Å². The Morgan fingerprint density at radius 3 is 2.44 bits per heavy atom. The first kappa shape index (κ1) is 18.2. The van der Waals surface area contributed by atoms with E-state index in [4.69, 9.17) is 32.8 Å². The second kappa shape index (κ2) is 6.15. The summed E-state index contributed by atoms with van der Waals surface area (Å²) in [6, 6.07) is 8.24. The van der Waals surface area contributed by atoms with Crippen molar-refractivity contribution in [3.63, 3.8) is 0 Å². The van der Waals surface area contributed by atoms with Crippen LogP contribution in [-0.2, 0) is 21.8 Å². The molecule has 140 valence electrons. The molecule has 2 aliphatic heterocycles. The Labute approximate surface area is 161 Å². The van der Waals surface area contributed by atoms with Crippen molar-refractivity contribution in [1.29, 1.82) is 0 Å². The second-order valence-electron chi connectivity index (χ2n) is 6.10. The van der Waals surface area contributed by atoms with Crippen LogP contribution in [0.5, 0.6) is 0 Å². The molecule has 27 heavy (non-hydrogen) atoms.